The topological polar surface area (TPSA) is 61.4 Å². The van der Waals surface area contributed by atoms with Crippen LogP contribution in [0.1, 0.15) is 25.8 Å². The monoisotopic (exact) mass is 441 g/mol. The fraction of sp³-hybridized carbons (Fsp3) is 0.333. The van der Waals surface area contributed by atoms with Crippen LogP contribution < -0.4 is 10.6 Å². The number of halogens is 4. The molecule has 2 amide bonds. The van der Waals surface area contributed by atoms with Crippen LogP contribution in [0.15, 0.2) is 48.5 Å². The number of hydrogen-bond acceptors (Lipinski definition) is 3. The quantitative estimate of drug-likeness (QED) is 0.603. The van der Waals surface area contributed by atoms with Crippen LogP contribution in [0.25, 0.3) is 0 Å². The highest BCUT2D eigenvalue weighted by Gasteiger charge is 2.35. The van der Waals surface area contributed by atoms with Crippen LogP contribution in [0.3, 0.4) is 0 Å². The van der Waals surface area contributed by atoms with E-state index in [0.717, 1.165) is 6.07 Å². The number of nitrogens with one attached hydrogen (secondary N) is 2. The predicted molar refractivity (Wildman–Crippen MR) is 111 cm³/mol. The van der Waals surface area contributed by atoms with E-state index in [1.165, 1.54) is 12.1 Å². The van der Waals surface area contributed by atoms with Crippen molar-refractivity contribution in [1.82, 2.24) is 4.90 Å². The van der Waals surface area contributed by atoms with Crippen LogP contribution in [0.5, 0.6) is 0 Å². The molecule has 0 bridgehead atoms. The maximum absolute atomic E-state index is 13.2. The third-order valence-electron chi connectivity index (χ3n) is 4.41. The summed E-state index contributed by atoms with van der Waals surface area (Å²) in [5.74, 6) is -1.02. The number of carbonyl (C=O) groups is 2. The minimum atomic E-state index is -4.67. The lowest BCUT2D eigenvalue weighted by Crippen LogP contribution is -2.46. The maximum Gasteiger partial charge on any atom is 0.418 e. The normalized spacial score (nSPS) is 12.5. The molecule has 2 aromatic rings. The Morgan fingerprint density at radius 2 is 1.73 bits per heavy atom. The number of para-hydroxylation sites is 2. The summed E-state index contributed by atoms with van der Waals surface area (Å²) in [6.07, 6.45) is -4.02. The Balaban J connectivity index is 2.11. The molecule has 1 unspecified atom stereocenters. The molecule has 2 N–H and O–H groups in total. The first-order chi connectivity index (χ1) is 14.1. The largest absolute Gasteiger partial charge is 0.418 e. The molecule has 0 radical (unpaired) electrons. The molecule has 0 saturated carbocycles. The van der Waals surface area contributed by atoms with Gasteiger partial charge in [-0.3, -0.25) is 14.5 Å². The number of benzene rings is 2. The van der Waals surface area contributed by atoms with Gasteiger partial charge in [-0.1, -0.05) is 42.8 Å². The molecule has 1 atom stereocenters. The van der Waals surface area contributed by atoms with Gasteiger partial charge in [0.2, 0.25) is 11.8 Å². The molecule has 2 aromatic carbocycles. The number of nitrogens with zero attached hydrogens (tertiary/aromatic N) is 1. The number of alkyl halides is 3. The average molecular weight is 442 g/mol. The second-order valence-corrected chi connectivity index (χ2v) is 7.12. The van der Waals surface area contributed by atoms with Crippen molar-refractivity contribution in [3.8, 4) is 0 Å². The SMILES string of the molecule is CCCN(CC(=O)Nc1c(Cl)cccc1C(F)(F)F)C(C)C(=O)Nc1ccccc1. The number of amides is 2. The summed E-state index contributed by atoms with van der Waals surface area (Å²) in [4.78, 5) is 26.7. The molecular weight excluding hydrogens is 419 g/mol. The molecule has 0 heterocycles. The summed E-state index contributed by atoms with van der Waals surface area (Å²) in [5, 5.41) is 4.80. The standard InChI is InChI=1S/C21H23ClF3N3O2/c1-3-12-28(14(2)20(30)26-15-8-5-4-6-9-15)13-18(29)27-19-16(21(23,24)25)10-7-11-17(19)22/h4-11,14H,3,12-13H2,1-2H3,(H,26,30)(H,27,29). The summed E-state index contributed by atoms with van der Waals surface area (Å²) >= 11 is 5.89. The molecule has 0 spiro atoms. The molecule has 5 nitrogen and oxygen atoms in total. The van der Waals surface area contributed by atoms with Crippen molar-refractivity contribution < 1.29 is 22.8 Å². The van der Waals surface area contributed by atoms with E-state index in [1.54, 1.807) is 36.1 Å². The predicted octanol–water partition coefficient (Wildman–Crippen LogP) is 5.04. The highest BCUT2D eigenvalue weighted by atomic mass is 35.5. The van der Waals surface area contributed by atoms with E-state index in [2.05, 4.69) is 10.6 Å². The van der Waals surface area contributed by atoms with Crippen molar-refractivity contribution >= 4 is 34.8 Å². The summed E-state index contributed by atoms with van der Waals surface area (Å²) in [6, 6.07) is 11.4. The molecule has 0 aliphatic carbocycles. The van der Waals surface area contributed by atoms with Crippen LogP contribution >= 0.6 is 11.6 Å². The zero-order valence-electron chi connectivity index (χ0n) is 16.6. The summed E-state index contributed by atoms with van der Waals surface area (Å²) in [7, 11) is 0. The van der Waals surface area contributed by atoms with E-state index in [9.17, 15) is 22.8 Å². The van der Waals surface area contributed by atoms with Crippen LogP contribution in [0.4, 0.5) is 24.5 Å². The first kappa shape index (κ1) is 23.7. The Bertz CT molecular complexity index is 876. The average Bonchev–Trinajstić information content (AvgIpc) is 2.68. The van der Waals surface area contributed by atoms with Crippen molar-refractivity contribution in [2.75, 3.05) is 23.7 Å². The smallest absolute Gasteiger partial charge is 0.325 e. The second kappa shape index (κ2) is 10.4. The Kier molecular flexibility index (Phi) is 8.25. The molecule has 9 heteroatoms. The van der Waals surface area contributed by atoms with E-state index in [0.29, 0.717) is 18.7 Å². The van der Waals surface area contributed by atoms with Crippen molar-refractivity contribution in [2.24, 2.45) is 0 Å². The lowest BCUT2D eigenvalue weighted by Gasteiger charge is -2.27. The summed E-state index contributed by atoms with van der Waals surface area (Å²) < 4.78 is 39.7. The lowest BCUT2D eigenvalue weighted by molar-refractivity contribution is -0.137. The van der Waals surface area contributed by atoms with Gasteiger partial charge in [0, 0.05) is 5.69 Å². The fourth-order valence-electron chi connectivity index (χ4n) is 2.88. The van der Waals surface area contributed by atoms with E-state index < -0.39 is 29.4 Å². The molecule has 30 heavy (non-hydrogen) atoms. The summed E-state index contributed by atoms with van der Waals surface area (Å²) in [5.41, 5.74) is -0.907. The van der Waals surface area contributed by atoms with Crippen molar-refractivity contribution in [3.63, 3.8) is 0 Å². The number of rotatable bonds is 8. The third-order valence-corrected chi connectivity index (χ3v) is 4.72. The van der Waals surface area contributed by atoms with Gasteiger partial charge in [-0.25, -0.2) is 0 Å². The molecule has 0 saturated heterocycles. The van der Waals surface area contributed by atoms with Crippen molar-refractivity contribution in [1.29, 1.82) is 0 Å². The van der Waals surface area contributed by atoms with Gasteiger partial charge in [0.1, 0.15) is 0 Å². The molecule has 2 rings (SSSR count). The Labute approximate surface area is 178 Å². The van der Waals surface area contributed by atoms with Crippen LogP contribution in [0, 0.1) is 0 Å². The third kappa shape index (κ3) is 6.47. The number of carbonyl (C=O) groups excluding carboxylic acids is 2. The van der Waals surface area contributed by atoms with Gasteiger partial charge in [-0.05, 0) is 44.2 Å². The van der Waals surface area contributed by atoms with Gasteiger partial charge in [-0.15, -0.1) is 0 Å². The Morgan fingerprint density at radius 3 is 2.33 bits per heavy atom. The van der Waals surface area contributed by atoms with E-state index >= 15 is 0 Å². The van der Waals surface area contributed by atoms with Crippen LogP contribution in [0.2, 0.25) is 5.02 Å². The molecule has 0 fully saturated rings. The minimum absolute atomic E-state index is 0.213. The first-order valence-corrected chi connectivity index (χ1v) is 9.76. The number of hydrogen-bond donors (Lipinski definition) is 2. The maximum atomic E-state index is 13.2. The van der Waals surface area contributed by atoms with Crippen molar-refractivity contribution in [3.05, 3.63) is 59.1 Å². The van der Waals surface area contributed by atoms with E-state index in [4.69, 9.17) is 11.6 Å². The van der Waals surface area contributed by atoms with Gasteiger partial charge < -0.3 is 10.6 Å². The van der Waals surface area contributed by atoms with Gasteiger partial charge in [0.05, 0.1) is 28.9 Å². The highest BCUT2D eigenvalue weighted by Crippen LogP contribution is 2.38. The second-order valence-electron chi connectivity index (χ2n) is 6.71. The Hall–Kier alpha value is -2.58. The van der Waals surface area contributed by atoms with Gasteiger partial charge in [-0.2, -0.15) is 13.2 Å². The van der Waals surface area contributed by atoms with E-state index in [1.807, 2.05) is 13.0 Å². The Morgan fingerprint density at radius 1 is 1.07 bits per heavy atom. The minimum Gasteiger partial charge on any atom is -0.325 e. The molecular formula is C21H23ClF3N3O2. The highest BCUT2D eigenvalue weighted by molar-refractivity contribution is 6.34. The molecule has 0 aliphatic heterocycles. The zero-order valence-corrected chi connectivity index (χ0v) is 17.3. The van der Waals surface area contributed by atoms with Gasteiger partial charge >= 0.3 is 6.18 Å². The summed E-state index contributed by atoms with van der Waals surface area (Å²) in [6.45, 7) is 3.66. The van der Waals surface area contributed by atoms with Gasteiger partial charge in [0.25, 0.3) is 0 Å². The number of anilines is 2. The molecule has 0 aliphatic rings. The van der Waals surface area contributed by atoms with Gasteiger partial charge in [0.15, 0.2) is 0 Å². The lowest BCUT2D eigenvalue weighted by atomic mass is 10.1. The first-order valence-electron chi connectivity index (χ1n) is 9.39. The fourth-order valence-corrected chi connectivity index (χ4v) is 3.10. The van der Waals surface area contributed by atoms with Crippen molar-refractivity contribution in [2.45, 2.75) is 32.5 Å². The van der Waals surface area contributed by atoms with Crippen LogP contribution in [-0.4, -0.2) is 35.8 Å². The van der Waals surface area contributed by atoms with E-state index in [-0.39, 0.29) is 17.5 Å². The van der Waals surface area contributed by atoms with Crippen LogP contribution in [-0.2, 0) is 15.8 Å². The molecule has 162 valence electrons. The zero-order chi connectivity index (χ0) is 22.3. The molecule has 0 aromatic heterocycles.